The molecule has 0 spiro atoms. The summed E-state index contributed by atoms with van der Waals surface area (Å²) in [6, 6.07) is 12.9. The number of hydrogen-bond donors (Lipinski definition) is 1. The number of aryl methyl sites for hydroxylation is 1. The molecule has 0 saturated heterocycles. The summed E-state index contributed by atoms with van der Waals surface area (Å²) in [6.07, 6.45) is 0. The lowest BCUT2D eigenvalue weighted by atomic mass is 10.1. The molecular weight excluding hydrogens is 239 g/mol. The maximum absolute atomic E-state index is 13.2. The molecule has 0 saturated carbocycles. The lowest BCUT2D eigenvalue weighted by Gasteiger charge is -2.22. The van der Waals surface area contributed by atoms with Crippen LogP contribution >= 0.6 is 0 Å². The minimum atomic E-state index is -0.200. The molecule has 0 aliphatic heterocycles. The van der Waals surface area contributed by atoms with Crippen LogP contribution < -0.4 is 10.6 Å². The summed E-state index contributed by atoms with van der Waals surface area (Å²) >= 11 is 0. The van der Waals surface area contributed by atoms with Gasteiger partial charge in [0, 0.05) is 25.8 Å². The highest BCUT2D eigenvalue weighted by molar-refractivity contribution is 5.54. The van der Waals surface area contributed by atoms with E-state index in [-0.39, 0.29) is 5.82 Å². The normalized spacial score (nSPS) is 10.5. The van der Waals surface area contributed by atoms with Gasteiger partial charge in [-0.05, 0) is 36.2 Å². The molecule has 2 N–H and O–H groups in total. The van der Waals surface area contributed by atoms with Crippen LogP contribution in [0.4, 0.5) is 10.1 Å². The molecule has 2 nitrogen and oxygen atoms in total. The van der Waals surface area contributed by atoms with Gasteiger partial charge < -0.3 is 10.6 Å². The van der Waals surface area contributed by atoms with Gasteiger partial charge in [0.25, 0.3) is 0 Å². The molecule has 0 fully saturated rings. The van der Waals surface area contributed by atoms with Crippen molar-refractivity contribution in [2.45, 2.75) is 20.0 Å². The smallest absolute Gasteiger partial charge is 0.123 e. The highest BCUT2D eigenvalue weighted by Crippen LogP contribution is 2.22. The molecule has 3 heteroatoms. The Morgan fingerprint density at radius 2 is 1.95 bits per heavy atom. The molecule has 0 bridgehead atoms. The van der Waals surface area contributed by atoms with E-state index >= 15 is 0 Å². The number of benzene rings is 2. The minimum Gasteiger partial charge on any atom is -0.370 e. The minimum absolute atomic E-state index is 0.200. The van der Waals surface area contributed by atoms with Crippen LogP contribution in [0, 0.1) is 12.7 Å². The number of halogens is 1. The quantitative estimate of drug-likeness (QED) is 0.912. The zero-order valence-electron chi connectivity index (χ0n) is 11.4. The number of hydrogen-bond acceptors (Lipinski definition) is 2. The molecule has 0 aliphatic carbocycles. The van der Waals surface area contributed by atoms with Gasteiger partial charge in [-0.1, -0.05) is 29.8 Å². The van der Waals surface area contributed by atoms with Crippen LogP contribution in [0.2, 0.25) is 0 Å². The van der Waals surface area contributed by atoms with Crippen molar-refractivity contribution in [2.24, 2.45) is 5.73 Å². The Kier molecular flexibility index (Phi) is 4.17. The number of anilines is 1. The van der Waals surface area contributed by atoms with Gasteiger partial charge in [-0.3, -0.25) is 0 Å². The predicted octanol–water partition coefficient (Wildman–Crippen LogP) is 3.23. The average Bonchev–Trinajstić information content (AvgIpc) is 2.38. The third-order valence-corrected chi connectivity index (χ3v) is 3.17. The molecule has 0 amide bonds. The summed E-state index contributed by atoms with van der Waals surface area (Å²) < 4.78 is 13.2. The van der Waals surface area contributed by atoms with Crippen molar-refractivity contribution in [3.8, 4) is 0 Å². The van der Waals surface area contributed by atoms with Crippen LogP contribution in [-0.4, -0.2) is 7.05 Å². The molecule has 0 heterocycles. The van der Waals surface area contributed by atoms with Crippen molar-refractivity contribution < 1.29 is 4.39 Å². The van der Waals surface area contributed by atoms with Crippen molar-refractivity contribution in [2.75, 3.05) is 11.9 Å². The first-order valence-electron chi connectivity index (χ1n) is 6.35. The number of nitrogens with two attached hydrogens (primary N) is 1. The van der Waals surface area contributed by atoms with Crippen LogP contribution in [-0.2, 0) is 13.1 Å². The van der Waals surface area contributed by atoms with Crippen LogP contribution in [0.1, 0.15) is 16.7 Å². The van der Waals surface area contributed by atoms with Gasteiger partial charge in [-0.25, -0.2) is 4.39 Å². The Bertz CT molecular complexity index is 566. The van der Waals surface area contributed by atoms with Crippen LogP contribution in [0.15, 0.2) is 42.5 Å². The van der Waals surface area contributed by atoms with Gasteiger partial charge in [-0.2, -0.15) is 0 Å². The van der Waals surface area contributed by atoms with Gasteiger partial charge in [0.15, 0.2) is 0 Å². The fourth-order valence-electron chi connectivity index (χ4n) is 2.24. The third-order valence-electron chi connectivity index (χ3n) is 3.17. The lowest BCUT2D eigenvalue weighted by Crippen LogP contribution is -2.19. The van der Waals surface area contributed by atoms with Crippen LogP contribution in [0.25, 0.3) is 0 Å². The van der Waals surface area contributed by atoms with E-state index in [2.05, 4.69) is 30.0 Å². The topological polar surface area (TPSA) is 29.3 Å². The monoisotopic (exact) mass is 258 g/mol. The number of nitrogens with zero attached hydrogens (tertiary/aromatic N) is 1. The second-order valence-corrected chi connectivity index (χ2v) is 4.82. The Morgan fingerprint density at radius 1 is 1.16 bits per heavy atom. The van der Waals surface area contributed by atoms with Crippen molar-refractivity contribution in [1.82, 2.24) is 0 Å². The highest BCUT2D eigenvalue weighted by atomic mass is 19.1. The van der Waals surface area contributed by atoms with Gasteiger partial charge in [0.1, 0.15) is 5.82 Å². The average molecular weight is 258 g/mol. The molecule has 0 aromatic heterocycles. The molecule has 0 radical (unpaired) electrons. The summed E-state index contributed by atoms with van der Waals surface area (Å²) in [5, 5.41) is 0. The molecule has 2 aromatic carbocycles. The molecule has 2 aromatic rings. The number of rotatable bonds is 4. The largest absolute Gasteiger partial charge is 0.370 e. The standard InChI is InChI=1S/C16H19FN2/c1-12-6-7-16(14(8-12)10-18)19(2)11-13-4-3-5-15(17)9-13/h3-9H,10-11,18H2,1-2H3. The molecule has 2 rings (SSSR count). The van der Waals surface area contributed by atoms with E-state index in [1.165, 1.54) is 11.6 Å². The van der Waals surface area contributed by atoms with Crippen molar-refractivity contribution in [3.63, 3.8) is 0 Å². The van der Waals surface area contributed by atoms with E-state index in [4.69, 9.17) is 5.73 Å². The summed E-state index contributed by atoms with van der Waals surface area (Å²) in [7, 11) is 1.99. The van der Waals surface area contributed by atoms with Gasteiger partial charge >= 0.3 is 0 Å². The molecule has 19 heavy (non-hydrogen) atoms. The second-order valence-electron chi connectivity index (χ2n) is 4.82. The second kappa shape index (κ2) is 5.85. The first-order valence-corrected chi connectivity index (χ1v) is 6.35. The van der Waals surface area contributed by atoms with Crippen molar-refractivity contribution >= 4 is 5.69 Å². The Morgan fingerprint density at radius 3 is 2.63 bits per heavy atom. The summed E-state index contributed by atoms with van der Waals surface area (Å²) in [5.41, 5.74) is 10.1. The van der Waals surface area contributed by atoms with Crippen LogP contribution in [0.5, 0.6) is 0 Å². The van der Waals surface area contributed by atoms with E-state index < -0.39 is 0 Å². The van der Waals surface area contributed by atoms with Gasteiger partial charge in [0.05, 0.1) is 0 Å². The van der Waals surface area contributed by atoms with E-state index in [0.29, 0.717) is 13.1 Å². The van der Waals surface area contributed by atoms with E-state index in [0.717, 1.165) is 16.8 Å². The third kappa shape index (κ3) is 3.32. The maximum Gasteiger partial charge on any atom is 0.123 e. The summed E-state index contributed by atoms with van der Waals surface area (Å²) in [6.45, 7) is 3.22. The highest BCUT2D eigenvalue weighted by Gasteiger charge is 2.07. The van der Waals surface area contributed by atoms with E-state index in [1.54, 1.807) is 12.1 Å². The zero-order chi connectivity index (χ0) is 13.8. The first kappa shape index (κ1) is 13.6. The van der Waals surface area contributed by atoms with Crippen LogP contribution in [0.3, 0.4) is 0 Å². The van der Waals surface area contributed by atoms with E-state index in [1.807, 2.05) is 13.1 Å². The summed E-state index contributed by atoms with van der Waals surface area (Å²) in [4.78, 5) is 2.09. The summed E-state index contributed by atoms with van der Waals surface area (Å²) in [5.74, 6) is -0.200. The Balaban J connectivity index is 2.22. The van der Waals surface area contributed by atoms with Crippen molar-refractivity contribution in [1.29, 1.82) is 0 Å². The zero-order valence-corrected chi connectivity index (χ0v) is 11.4. The molecule has 100 valence electrons. The maximum atomic E-state index is 13.2. The molecule has 0 atom stereocenters. The fraction of sp³-hybridized carbons (Fsp3) is 0.250. The fourth-order valence-corrected chi connectivity index (χ4v) is 2.24. The molecule has 0 aliphatic rings. The SMILES string of the molecule is Cc1ccc(N(C)Cc2cccc(F)c2)c(CN)c1. The van der Waals surface area contributed by atoms with E-state index in [9.17, 15) is 4.39 Å². The lowest BCUT2D eigenvalue weighted by molar-refractivity contribution is 0.625. The molecular formula is C16H19FN2. The van der Waals surface area contributed by atoms with Gasteiger partial charge in [0.2, 0.25) is 0 Å². The predicted molar refractivity (Wildman–Crippen MR) is 77.6 cm³/mol. The molecule has 0 unspecified atom stereocenters. The first-order chi connectivity index (χ1) is 9.10. The Labute approximate surface area is 113 Å². The Hall–Kier alpha value is -1.87. The van der Waals surface area contributed by atoms with Gasteiger partial charge in [-0.15, -0.1) is 0 Å². The van der Waals surface area contributed by atoms with Crippen molar-refractivity contribution in [3.05, 3.63) is 65.0 Å².